The molecule has 2 aliphatic carbocycles. The van der Waals surface area contributed by atoms with E-state index in [9.17, 15) is 0 Å². The summed E-state index contributed by atoms with van der Waals surface area (Å²) in [6, 6.07) is 0. The van der Waals surface area contributed by atoms with Crippen LogP contribution in [0.2, 0.25) is 0 Å². The van der Waals surface area contributed by atoms with Gasteiger partial charge in [0.05, 0.1) is 0 Å². The summed E-state index contributed by atoms with van der Waals surface area (Å²) in [6.45, 7) is 5.45. The Hall–Kier alpha value is -0.340. The molecule has 2 aliphatic rings. The van der Waals surface area contributed by atoms with E-state index in [0.717, 1.165) is 24.9 Å². The molecule has 0 bridgehead atoms. The molecule has 0 aliphatic heterocycles. The van der Waals surface area contributed by atoms with Crippen LogP contribution in [0.5, 0.6) is 0 Å². The van der Waals surface area contributed by atoms with Gasteiger partial charge in [-0.15, -0.1) is 6.58 Å². The van der Waals surface area contributed by atoms with Crippen molar-refractivity contribution in [2.24, 2.45) is 17.6 Å². The second-order valence-corrected chi connectivity index (χ2v) is 5.35. The van der Waals surface area contributed by atoms with Crippen LogP contribution in [0, 0.1) is 11.8 Å². The predicted molar refractivity (Wildman–Crippen MR) is 64.7 cm³/mol. The lowest BCUT2D eigenvalue weighted by Gasteiger charge is -2.41. The van der Waals surface area contributed by atoms with Crippen LogP contribution >= 0.6 is 0 Å². The third kappa shape index (κ3) is 2.61. The maximum absolute atomic E-state index is 5.96. The summed E-state index contributed by atoms with van der Waals surface area (Å²) in [4.78, 5) is 0. The molecule has 0 aromatic carbocycles. The monoisotopic (exact) mass is 208 g/mol. The molecule has 0 spiro atoms. The quantitative estimate of drug-likeness (QED) is 0.679. The lowest BCUT2D eigenvalue weighted by atomic mass is 9.73. The molecule has 2 atom stereocenters. The maximum atomic E-state index is 5.96. The van der Waals surface area contributed by atoms with Gasteiger partial charge in [-0.2, -0.15) is 0 Å². The second-order valence-electron chi connectivity index (χ2n) is 5.35. The van der Waals surface area contributed by atoms with Gasteiger partial charge < -0.3 is 11.1 Å². The predicted octanol–water partition coefficient (Wildman–Crippen LogP) is 2.06. The number of nitrogens with one attached hydrogen (secondary N) is 1. The molecule has 2 heteroatoms. The SMILES string of the molecule is C=CCNC1(CN)CCCC(C2CC2)C1. The number of hydrogen-bond donors (Lipinski definition) is 2. The second kappa shape index (κ2) is 4.67. The molecule has 86 valence electrons. The van der Waals surface area contributed by atoms with Crippen molar-refractivity contribution >= 4 is 0 Å². The molecule has 0 aromatic heterocycles. The van der Waals surface area contributed by atoms with Crippen molar-refractivity contribution in [3.05, 3.63) is 12.7 Å². The zero-order chi connectivity index (χ0) is 10.7. The molecule has 2 fully saturated rings. The Bertz CT molecular complexity index is 223. The molecule has 2 unspecified atom stereocenters. The summed E-state index contributed by atoms with van der Waals surface area (Å²) < 4.78 is 0. The first-order valence-electron chi connectivity index (χ1n) is 6.36. The first kappa shape index (κ1) is 11.2. The molecule has 2 nitrogen and oxygen atoms in total. The summed E-state index contributed by atoms with van der Waals surface area (Å²) in [5.41, 5.74) is 6.19. The van der Waals surface area contributed by atoms with E-state index >= 15 is 0 Å². The third-order valence-corrected chi connectivity index (χ3v) is 4.18. The highest BCUT2D eigenvalue weighted by atomic mass is 15.0. The van der Waals surface area contributed by atoms with Gasteiger partial charge in [0.15, 0.2) is 0 Å². The molecule has 2 rings (SSSR count). The van der Waals surface area contributed by atoms with Crippen molar-refractivity contribution in [3.63, 3.8) is 0 Å². The van der Waals surface area contributed by atoms with Crippen LogP contribution in [0.4, 0.5) is 0 Å². The van der Waals surface area contributed by atoms with Crippen molar-refractivity contribution in [1.29, 1.82) is 0 Å². The first-order chi connectivity index (χ1) is 7.29. The van der Waals surface area contributed by atoms with Crippen LogP contribution in [0.1, 0.15) is 38.5 Å². The van der Waals surface area contributed by atoms with Crippen molar-refractivity contribution < 1.29 is 0 Å². The average Bonchev–Trinajstić information content (AvgIpc) is 3.11. The molecule has 3 N–H and O–H groups in total. The van der Waals surface area contributed by atoms with Crippen LogP contribution in [0.25, 0.3) is 0 Å². The lowest BCUT2D eigenvalue weighted by molar-refractivity contribution is 0.175. The fraction of sp³-hybridized carbons (Fsp3) is 0.846. The Morgan fingerprint density at radius 1 is 1.33 bits per heavy atom. The van der Waals surface area contributed by atoms with Crippen molar-refractivity contribution in [3.8, 4) is 0 Å². The van der Waals surface area contributed by atoms with Crippen LogP contribution in [0.15, 0.2) is 12.7 Å². The standard InChI is InChI=1S/C13H24N2/c1-2-8-15-13(10-14)7-3-4-12(9-13)11-5-6-11/h2,11-12,15H,1,3-10,14H2. The summed E-state index contributed by atoms with van der Waals surface area (Å²) in [5, 5.41) is 3.60. The molecular weight excluding hydrogens is 184 g/mol. The largest absolute Gasteiger partial charge is 0.329 e. The van der Waals surface area contributed by atoms with E-state index in [1.54, 1.807) is 0 Å². The Balaban J connectivity index is 1.93. The van der Waals surface area contributed by atoms with Crippen LogP contribution in [-0.2, 0) is 0 Å². The highest BCUT2D eigenvalue weighted by Gasteiger charge is 2.40. The fourth-order valence-electron chi connectivity index (χ4n) is 3.09. The highest BCUT2D eigenvalue weighted by molar-refractivity contribution is 4.99. The molecular formula is C13H24N2. The van der Waals surface area contributed by atoms with Crippen molar-refractivity contribution in [2.45, 2.75) is 44.1 Å². The fourth-order valence-corrected chi connectivity index (χ4v) is 3.09. The summed E-state index contributed by atoms with van der Waals surface area (Å²) in [5.74, 6) is 1.97. The van der Waals surface area contributed by atoms with E-state index in [1.165, 1.54) is 38.5 Å². The molecule has 0 amide bonds. The van der Waals surface area contributed by atoms with Crippen molar-refractivity contribution in [1.82, 2.24) is 5.32 Å². The van der Waals surface area contributed by atoms with E-state index in [0.29, 0.717) is 0 Å². The van der Waals surface area contributed by atoms with Gasteiger partial charge in [0.25, 0.3) is 0 Å². The minimum Gasteiger partial charge on any atom is -0.329 e. The van der Waals surface area contributed by atoms with Crippen LogP contribution in [0.3, 0.4) is 0 Å². The Kier molecular flexibility index (Phi) is 3.47. The van der Waals surface area contributed by atoms with E-state index < -0.39 is 0 Å². The normalized spacial score (nSPS) is 36.5. The Labute approximate surface area is 93.3 Å². The van der Waals surface area contributed by atoms with E-state index in [2.05, 4.69) is 11.9 Å². The van der Waals surface area contributed by atoms with E-state index in [4.69, 9.17) is 5.73 Å². The third-order valence-electron chi connectivity index (χ3n) is 4.18. The Morgan fingerprint density at radius 2 is 2.13 bits per heavy atom. The average molecular weight is 208 g/mol. The van der Waals surface area contributed by atoms with E-state index in [1.807, 2.05) is 6.08 Å². The zero-order valence-corrected chi connectivity index (χ0v) is 9.67. The maximum Gasteiger partial charge on any atom is 0.0309 e. The number of hydrogen-bond acceptors (Lipinski definition) is 2. The molecule has 15 heavy (non-hydrogen) atoms. The number of nitrogens with two attached hydrogens (primary N) is 1. The van der Waals surface area contributed by atoms with Gasteiger partial charge in [-0.1, -0.05) is 18.9 Å². The zero-order valence-electron chi connectivity index (χ0n) is 9.67. The summed E-state index contributed by atoms with van der Waals surface area (Å²) in [6.07, 6.45) is 10.2. The van der Waals surface area contributed by atoms with E-state index in [-0.39, 0.29) is 5.54 Å². The highest BCUT2D eigenvalue weighted by Crippen LogP contribution is 2.46. The molecule has 2 saturated carbocycles. The van der Waals surface area contributed by atoms with Crippen LogP contribution in [-0.4, -0.2) is 18.6 Å². The molecule has 0 heterocycles. The molecule has 0 saturated heterocycles. The summed E-state index contributed by atoms with van der Waals surface area (Å²) in [7, 11) is 0. The minimum atomic E-state index is 0.222. The topological polar surface area (TPSA) is 38.0 Å². The summed E-state index contributed by atoms with van der Waals surface area (Å²) >= 11 is 0. The molecule has 0 aromatic rings. The van der Waals surface area contributed by atoms with Gasteiger partial charge in [-0.3, -0.25) is 0 Å². The number of rotatable bonds is 5. The van der Waals surface area contributed by atoms with Gasteiger partial charge >= 0.3 is 0 Å². The Morgan fingerprint density at radius 3 is 2.73 bits per heavy atom. The van der Waals surface area contributed by atoms with Gasteiger partial charge in [0.2, 0.25) is 0 Å². The van der Waals surface area contributed by atoms with Gasteiger partial charge in [0, 0.05) is 18.6 Å². The molecule has 0 radical (unpaired) electrons. The van der Waals surface area contributed by atoms with Crippen LogP contribution < -0.4 is 11.1 Å². The first-order valence-corrected chi connectivity index (χ1v) is 6.36. The minimum absolute atomic E-state index is 0.222. The smallest absolute Gasteiger partial charge is 0.0309 e. The van der Waals surface area contributed by atoms with Gasteiger partial charge in [-0.25, -0.2) is 0 Å². The van der Waals surface area contributed by atoms with Gasteiger partial charge in [-0.05, 0) is 37.5 Å². The van der Waals surface area contributed by atoms with Crippen molar-refractivity contribution in [2.75, 3.05) is 13.1 Å². The van der Waals surface area contributed by atoms with Gasteiger partial charge in [0.1, 0.15) is 0 Å². The lowest BCUT2D eigenvalue weighted by Crippen LogP contribution is -2.54.